The molecule has 0 saturated heterocycles. The van der Waals surface area contributed by atoms with Crippen molar-refractivity contribution >= 4 is 6.09 Å². The highest BCUT2D eigenvalue weighted by atomic mass is 16.6. The molecule has 5 nitrogen and oxygen atoms in total. The molecule has 0 fully saturated rings. The van der Waals surface area contributed by atoms with Crippen molar-refractivity contribution in [2.24, 2.45) is 5.84 Å². The van der Waals surface area contributed by atoms with E-state index in [4.69, 9.17) is 15.7 Å². The lowest BCUT2D eigenvalue weighted by Crippen LogP contribution is -2.32. The number of nitrogens with one attached hydrogen (secondary N) is 1. The number of benzene rings is 1. The van der Waals surface area contributed by atoms with Gasteiger partial charge in [-0.15, -0.1) is 0 Å². The molecule has 1 aromatic carbocycles. The van der Waals surface area contributed by atoms with Crippen LogP contribution in [-0.2, 0) is 6.42 Å². The van der Waals surface area contributed by atoms with Gasteiger partial charge in [0.2, 0.25) is 0 Å². The zero-order chi connectivity index (χ0) is 10.4. The molecule has 5 heteroatoms. The van der Waals surface area contributed by atoms with Crippen molar-refractivity contribution in [1.29, 1.82) is 0 Å². The predicted octanol–water partition coefficient (Wildman–Crippen LogP) is 0.183. The third kappa shape index (κ3) is 3.04. The Morgan fingerprint density at radius 1 is 1.57 bits per heavy atom. The number of aliphatic hydroxyl groups excluding tert-OH is 1. The van der Waals surface area contributed by atoms with Crippen molar-refractivity contribution in [3.05, 3.63) is 29.8 Å². The average Bonchev–Trinajstić information content (AvgIpc) is 2.19. The van der Waals surface area contributed by atoms with Crippen LogP contribution in [0.3, 0.4) is 0 Å². The fourth-order valence-corrected chi connectivity index (χ4v) is 1.03. The first-order valence-corrected chi connectivity index (χ1v) is 4.14. The zero-order valence-electron chi connectivity index (χ0n) is 7.56. The number of hydrogen-bond donors (Lipinski definition) is 3. The second-order valence-electron chi connectivity index (χ2n) is 2.65. The quantitative estimate of drug-likeness (QED) is 0.366. The van der Waals surface area contributed by atoms with E-state index in [0.717, 1.165) is 5.56 Å². The summed E-state index contributed by atoms with van der Waals surface area (Å²) in [7, 11) is 0. The molecule has 0 aliphatic heterocycles. The van der Waals surface area contributed by atoms with Gasteiger partial charge in [0.15, 0.2) is 0 Å². The smallest absolute Gasteiger partial charge is 0.409 e. The van der Waals surface area contributed by atoms with Crippen LogP contribution < -0.4 is 16.0 Å². The maximum Gasteiger partial charge on any atom is 0.426 e. The van der Waals surface area contributed by atoms with Gasteiger partial charge in [0.25, 0.3) is 0 Å². The molecule has 76 valence electrons. The summed E-state index contributed by atoms with van der Waals surface area (Å²) in [5.74, 6) is 5.25. The molecule has 0 spiro atoms. The number of carbonyl (C=O) groups is 1. The Morgan fingerprint density at radius 2 is 2.36 bits per heavy atom. The molecule has 0 heterocycles. The number of rotatable bonds is 3. The summed E-state index contributed by atoms with van der Waals surface area (Å²) in [5, 5.41) is 8.70. The molecule has 1 aromatic rings. The first-order chi connectivity index (χ1) is 6.76. The zero-order valence-corrected chi connectivity index (χ0v) is 7.56. The highest BCUT2D eigenvalue weighted by molar-refractivity contribution is 5.69. The van der Waals surface area contributed by atoms with Crippen molar-refractivity contribution in [1.82, 2.24) is 5.43 Å². The maximum atomic E-state index is 10.7. The molecule has 0 unspecified atom stereocenters. The van der Waals surface area contributed by atoms with Crippen LogP contribution in [0.15, 0.2) is 24.3 Å². The molecule has 14 heavy (non-hydrogen) atoms. The van der Waals surface area contributed by atoms with Gasteiger partial charge >= 0.3 is 6.09 Å². The van der Waals surface area contributed by atoms with Gasteiger partial charge in [0.05, 0.1) is 0 Å². The number of ether oxygens (including phenoxy) is 1. The van der Waals surface area contributed by atoms with Crippen molar-refractivity contribution in [2.75, 3.05) is 6.61 Å². The molecule has 0 aromatic heterocycles. The van der Waals surface area contributed by atoms with Crippen LogP contribution in [0.2, 0.25) is 0 Å². The number of aliphatic hydroxyl groups is 1. The number of amides is 1. The summed E-state index contributed by atoms with van der Waals surface area (Å²) in [6.07, 6.45) is -0.187. The fourth-order valence-electron chi connectivity index (χ4n) is 1.03. The standard InChI is InChI=1S/C9H12N2O3/c10-11-9(13)14-8-3-1-2-7(6-8)4-5-12/h1-3,6,12H,4-5,10H2,(H,11,13). The number of carbonyl (C=O) groups excluding carboxylic acids is 1. The van der Waals surface area contributed by atoms with Gasteiger partial charge in [-0.2, -0.15) is 0 Å². The summed E-state index contributed by atoms with van der Waals surface area (Å²) in [6, 6.07) is 6.88. The van der Waals surface area contributed by atoms with Gasteiger partial charge in [-0.25, -0.2) is 10.6 Å². The third-order valence-corrected chi connectivity index (χ3v) is 1.63. The molecule has 0 aliphatic carbocycles. The van der Waals surface area contributed by atoms with E-state index in [1.54, 1.807) is 18.2 Å². The van der Waals surface area contributed by atoms with Crippen LogP contribution >= 0.6 is 0 Å². The summed E-state index contributed by atoms with van der Waals surface area (Å²) in [6.45, 7) is 0.0620. The van der Waals surface area contributed by atoms with Crippen molar-refractivity contribution in [3.63, 3.8) is 0 Å². The van der Waals surface area contributed by atoms with E-state index >= 15 is 0 Å². The number of nitrogens with two attached hydrogens (primary N) is 1. The Balaban J connectivity index is 2.68. The summed E-state index contributed by atoms with van der Waals surface area (Å²) < 4.78 is 4.79. The molecule has 0 radical (unpaired) electrons. The maximum absolute atomic E-state index is 10.7. The van der Waals surface area contributed by atoms with E-state index in [0.29, 0.717) is 12.2 Å². The lowest BCUT2D eigenvalue weighted by molar-refractivity contribution is 0.200. The molecular weight excluding hydrogens is 184 g/mol. The third-order valence-electron chi connectivity index (χ3n) is 1.63. The second-order valence-corrected chi connectivity index (χ2v) is 2.65. The van der Waals surface area contributed by atoms with Crippen LogP contribution in [0.1, 0.15) is 5.56 Å². The van der Waals surface area contributed by atoms with Gasteiger partial charge < -0.3 is 9.84 Å². The summed E-state index contributed by atoms with van der Waals surface area (Å²) in [5.41, 5.74) is 2.75. The normalized spacial score (nSPS) is 9.57. The fraction of sp³-hybridized carbons (Fsp3) is 0.222. The molecule has 0 atom stereocenters. The van der Waals surface area contributed by atoms with Crippen LogP contribution in [0.4, 0.5) is 4.79 Å². The molecule has 4 N–H and O–H groups in total. The van der Waals surface area contributed by atoms with E-state index in [1.165, 1.54) is 0 Å². The first kappa shape index (κ1) is 10.5. The lowest BCUT2D eigenvalue weighted by atomic mass is 10.1. The van der Waals surface area contributed by atoms with Crippen LogP contribution in [0, 0.1) is 0 Å². The van der Waals surface area contributed by atoms with E-state index in [-0.39, 0.29) is 6.61 Å². The largest absolute Gasteiger partial charge is 0.426 e. The van der Waals surface area contributed by atoms with Gasteiger partial charge in [-0.1, -0.05) is 12.1 Å². The van der Waals surface area contributed by atoms with Crippen molar-refractivity contribution in [2.45, 2.75) is 6.42 Å². The number of hydrogen-bond acceptors (Lipinski definition) is 4. The molecule has 1 rings (SSSR count). The van der Waals surface area contributed by atoms with Crippen LogP contribution in [0.5, 0.6) is 5.75 Å². The minimum Gasteiger partial charge on any atom is -0.409 e. The van der Waals surface area contributed by atoms with E-state index in [9.17, 15) is 4.79 Å². The minimum atomic E-state index is -0.717. The Morgan fingerprint density at radius 3 is 3.00 bits per heavy atom. The summed E-state index contributed by atoms with van der Waals surface area (Å²) >= 11 is 0. The van der Waals surface area contributed by atoms with Gasteiger partial charge in [0, 0.05) is 6.61 Å². The van der Waals surface area contributed by atoms with Crippen molar-refractivity contribution in [3.8, 4) is 5.75 Å². The Kier molecular flexibility index (Phi) is 3.90. The van der Waals surface area contributed by atoms with Crippen molar-refractivity contribution < 1.29 is 14.6 Å². The van der Waals surface area contributed by atoms with E-state index < -0.39 is 6.09 Å². The molecule has 1 amide bonds. The molecular formula is C9H12N2O3. The Bertz CT molecular complexity index is 315. The minimum absolute atomic E-state index is 0.0620. The topological polar surface area (TPSA) is 84.6 Å². The summed E-state index contributed by atoms with van der Waals surface area (Å²) in [4.78, 5) is 10.7. The van der Waals surface area contributed by atoms with E-state index in [2.05, 4.69) is 0 Å². The SMILES string of the molecule is NNC(=O)Oc1cccc(CCO)c1. The van der Waals surface area contributed by atoms with Gasteiger partial charge in [-0.3, -0.25) is 5.43 Å². The highest BCUT2D eigenvalue weighted by Gasteiger charge is 2.01. The monoisotopic (exact) mass is 196 g/mol. The second kappa shape index (κ2) is 5.21. The highest BCUT2D eigenvalue weighted by Crippen LogP contribution is 2.13. The molecule has 0 saturated carbocycles. The first-order valence-electron chi connectivity index (χ1n) is 4.14. The van der Waals surface area contributed by atoms with Crippen LogP contribution in [-0.4, -0.2) is 17.8 Å². The lowest BCUT2D eigenvalue weighted by Gasteiger charge is -2.04. The molecule has 0 bridgehead atoms. The van der Waals surface area contributed by atoms with Gasteiger partial charge in [-0.05, 0) is 24.1 Å². The Labute approximate surface area is 81.5 Å². The number of hydrazine groups is 1. The van der Waals surface area contributed by atoms with E-state index in [1.807, 2.05) is 11.5 Å². The van der Waals surface area contributed by atoms with Gasteiger partial charge in [0.1, 0.15) is 5.75 Å². The predicted molar refractivity (Wildman–Crippen MR) is 50.6 cm³/mol. The molecule has 0 aliphatic rings. The Hall–Kier alpha value is -1.59. The average molecular weight is 196 g/mol. The van der Waals surface area contributed by atoms with Crippen LogP contribution in [0.25, 0.3) is 0 Å².